The van der Waals surface area contributed by atoms with Gasteiger partial charge in [0.05, 0.1) is 0 Å². The number of rotatable bonds is 0. The second kappa shape index (κ2) is 14.7. The van der Waals surface area contributed by atoms with Gasteiger partial charge in [0.1, 0.15) is 0 Å². The third-order valence-corrected chi connectivity index (χ3v) is 6.90. The number of hydrogen-bond acceptors (Lipinski definition) is 6. The van der Waals surface area contributed by atoms with E-state index in [2.05, 4.69) is 57.7 Å². The van der Waals surface area contributed by atoms with Crippen molar-refractivity contribution < 1.29 is 0 Å². The summed E-state index contributed by atoms with van der Waals surface area (Å²) in [4.78, 5) is 0. The van der Waals surface area contributed by atoms with E-state index in [1.807, 2.05) is 0 Å². The Morgan fingerprint density at radius 1 is 0.389 bits per heavy atom. The van der Waals surface area contributed by atoms with Crippen molar-refractivity contribution in [3.05, 3.63) is 0 Å². The molecule has 0 aromatic carbocycles. The molecule has 0 radical (unpaired) electrons. The summed E-state index contributed by atoms with van der Waals surface area (Å²) in [6, 6.07) is 0. The van der Waals surface area contributed by atoms with Crippen molar-refractivity contribution in [1.82, 2.24) is 10.6 Å². The van der Waals surface area contributed by atoms with Crippen molar-refractivity contribution >= 4 is 47.0 Å². The summed E-state index contributed by atoms with van der Waals surface area (Å²) in [7, 11) is 0. The number of hydrogen-bond donors (Lipinski definition) is 2. The van der Waals surface area contributed by atoms with E-state index < -0.39 is 0 Å². The summed E-state index contributed by atoms with van der Waals surface area (Å²) in [5, 5.41) is 7.05. The van der Waals surface area contributed by atoms with Crippen LogP contribution in [-0.4, -0.2) is 72.2 Å². The average Bonchev–Trinajstić information content (AvgIpc) is 2.39. The maximum atomic E-state index is 3.52. The van der Waals surface area contributed by atoms with Gasteiger partial charge >= 0.3 is 0 Å². The molecule has 0 aromatic heterocycles. The van der Waals surface area contributed by atoms with E-state index >= 15 is 0 Å². The molecule has 0 aliphatic carbocycles. The van der Waals surface area contributed by atoms with E-state index in [9.17, 15) is 0 Å². The average molecular weight is 327 g/mol. The monoisotopic (exact) mass is 326 g/mol. The van der Waals surface area contributed by atoms with Crippen LogP contribution in [0, 0.1) is 0 Å². The first-order valence-electron chi connectivity index (χ1n) is 6.72. The van der Waals surface area contributed by atoms with Gasteiger partial charge in [-0.25, -0.2) is 0 Å². The molecule has 6 heteroatoms. The van der Waals surface area contributed by atoms with Crippen LogP contribution in [0.3, 0.4) is 0 Å². The van der Waals surface area contributed by atoms with Crippen LogP contribution in [0.4, 0.5) is 0 Å². The van der Waals surface area contributed by atoms with Gasteiger partial charge in [-0.15, -0.1) is 0 Å². The van der Waals surface area contributed by atoms with Crippen LogP contribution in [-0.2, 0) is 0 Å². The van der Waals surface area contributed by atoms with Gasteiger partial charge < -0.3 is 10.6 Å². The van der Waals surface area contributed by atoms with Gasteiger partial charge in [-0.3, -0.25) is 0 Å². The first-order chi connectivity index (χ1) is 9.00. The molecule has 0 spiro atoms. The minimum Gasteiger partial charge on any atom is -0.315 e. The lowest BCUT2D eigenvalue weighted by atomic mass is 10.7. The van der Waals surface area contributed by atoms with Gasteiger partial charge in [0.2, 0.25) is 0 Å². The quantitative estimate of drug-likeness (QED) is 0.707. The van der Waals surface area contributed by atoms with Crippen LogP contribution in [0.1, 0.15) is 0 Å². The molecule has 18 heavy (non-hydrogen) atoms. The van der Waals surface area contributed by atoms with Gasteiger partial charge in [-0.2, -0.15) is 47.0 Å². The van der Waals surface area contributed by atoms with Gasteiger partial charge in [0.15, 0.2) is 0 Å². The second-order valence-electron chi connectivity index (χ2n) is 3.95. The highest BCUT2D eigenvalue weighted by Crippen LogP contribution is 2.07. The fraction of sp³-hybridized carbons (Fsp3) is 1.00. The first kappa shape index (κ1) is 17.4. The smallest absolute Gasteiger partial charge is 0.00584 e. The lowest BCUT2D eigenvalue weighted by Gasteiger charge is -2.07. The molecule has 0 amide bonds. The van der Waals surface area contributed by atoms with E-state index in [0.29, 0.717) is 0 Å². The molecule has 2 nitrogen and oxygen atoms in total. The molecule has 2 N–H and O–H groups in total. The van der Waals surface area contributed by atoms with E-state index in [1.165, 1.54) is 72.2 Å². The predicted molar refractivity (Wildman–Crippen MR) is 95.0 cm³/mol. The van der Waals surface area contributed by atoms with E-state index in [0.717, 1.165) is 0 Å². The van der Waals surface area contributed by atoms with Gasteiger partial charge in [0.25, 0.3) is 0 Å². The molecule has 1 aliphatic rings. The predicted octanol–water partition coefficient (Wildman–Crippen LogP) is 2.11. The molecule has 1 rings (SSSR count). The van der Waals surface area contributed by atoms with Crippen molar-refractivity contribution in [2.75, 3.05) is 72.2 Å². The summed E-state index contributed by atoms with van der Waals surface area (Å²) in [5.41, 5.74) is 0. The highest BCUT2D eigenvalue weighted by molar-refractivity contribution is 8.03. The normalized spacial score (nSPS) is 24.0. The molecule has 1 saturated heterocycles. The molecule has 1 heterocycles. The Balaban J connectivity index is 2.00. The van der Waals surface area contributed by atoms with Crippen molar-refractivity contribution in [3.8, 4) is 0 Å². The Labute approximate surface area is 129 Å². The van der Waals surface area contributed by atoms with Crippen molar-refractivity contribution in [2.45, 2.75) is 0 Å². The summed E-state index contributed by atoms with van der Waals surface area (Å²) >= 11 is 8.33. The Hall–Kier alpha value is 1.32. The van der Waals surface area contributed by atoms with Gasteiger partial charge in [0, 0.05) is 72.2 Å². The van der Waals surface area contributed by atoms with E-state index in [1.54, 1.807) is 0 Å². The van der Waals surface area contributed by atoms with E-state index in [4.69, 9.17) is 0 Å². The Morgan fingerprint density at radius 2 is 0.667 bits per heavy atom. The molecule has 1 aliphatic heterocycles. The molecular formula is C12H26N2S4. The minimum absolute atomic E-state index is 1.17. The lowest BCUT2D eigenvalue weighted by Crippen LogP contribution is -2.21. The van der Waals surface area contributed by atoms with E-state index in [-0.39, 0.29) is 0 Å². The largest absolute Gasteiger partial charge is 0.315 e. The molecule has 0 saturated carbocycles. The molecule has 0 unspecified atom stereocenters. The SMILES string of the molecule is C1CSCCSCCNCCSCCSCCN1. The lowest BCUT2D eigenvalue weighted by molar-refractivity contribution is 0.773. The molecular weight excluding hydrogens is 300 g/mol. The molecule has 0 atom stereocenters. The van der Waals surface area contributed by atoms with Crippen LogP contribution in [0.2, 0.25) is 0 Å². The topological polar surface area (TPSA) is 24.1 Å². The Kier molecular flexibility index (Phi) is 14.2. The zero-order valence-electron chi connectivity index (χ0n) is 11.1. The molecule has 0 bridgehead atoms. The van der Waals surface area contributed by atoms with Gasteiger partial charge in [-0.1, -0.05) is 0 Å². The Bertz CT molecular complexity index is 97.1. The van der Waals surface area contributed by atoms with Crippen LogP contribution < -0.4 is 10.6 Å². The zero-order chi connectivity index (χ0) is 12.7. The van der Waals surface area contributed by atoms with Crippen molar-refractivity contribution in [3.63, 3.8) is 0 Å². The summed E-state index contributed by atoms with van der Waals surface area (Å²) in [5.74, 6) is 10.3. The second-order valence-corrected chi connectivity index (χ2v) is 8.85. The first-order valence-corrected chi connectivity index (χ1v) is 11.3. The number of nitrogens with one attached hydrogen (secondary N) is 2. The zero-order valence-corrected chi connectivity index (χ0v) is 14.4. The summed E-state index contributed by atoms with van der Waals surface area (Å²) < 4.78 is 0. The highest BCUT2D eigenvalue weighted by atomic mass is 32.2. The van der Waals surface area contributed by atoms with Crippen LogP contribution in [0.15, 0.2) is 0 Å². The Morgan fingerprint density at radius 3 is 0.944 bits per heavy atom. The third-order valence-electron chi connectivity index (χ3n) is 2.44. The van der Waals surface area contributed by atoms with Crippen LogP contribution in [0.25, 0.3) is 0 Å². The highest BCUT2D eigenvalue weighted by Gasteiger charge is 1.95. The molecule has 0 aromatic rings. The van der Waals surface area contributed by atoms with Gasteiger partial charge in [-0.05, 0) is 0 Å². The van der Waals surface area contributed by atoms with Crippen molar-refractivity contribution in [1.29, 1.82) is 0 Å². The minimum atomic E-state index is 1.17. The van der Waals surface area contributed by atoms with Crippen LogP contribution in [0.5, 0.6) is 0 Å². The van der Waals surface area contributed by atoms with Crippen LogP contribution >= 0.6 is 47.0 Å². The maximum absolute atomic E-state index is 3.52. The summed E-state index contributed by atoms with van der Waals surface area (Å²) in [6.07, 6.45) is 0. The molecule has 1 fully saturated rings. The fourth-order valence-corrected chi connectivity index (χ4v) is 5.33. The number of thioether (sulfide) groups is 4. The third kappa shape index (κ3) is 12.4. The standard InChI is InChI=1S/C12H26N2S4/c1-5-15-9-10-17-7-3-14-4-8-18-12-11-16-6-2-13-1/h13-14H,1-12H2. The summed E-state index contributed by atoms with van der Waals surface area (Å²) in [6.45, 7) is 4.69. The maximum Gasteiger partial charge on any atom is 0.00584 e. The fourth-order valence-electron chi connectivity index (χ4n) is 1.47. The van der Waals surface area contributed by atoms with Crippen molar-refractivity contribution in [2.24, 2.45) is 0 Å². The molecule has 108 valence electrons.